The van der Waals surface area contributed by atoms with Crippen molar-refractivity contribution in [2.75, 3.05) is 0 Å². The maximum Gasteiger partial charge on any atom is 4.00 e. The summed E-state index contributed by atoms with van der Waals surface area (Å²) >= 11 is 0. The smallest absolute Gasteiger partial charge is 0.358 e. The molecule has 0 unspecified atom stereocenters. The van der Waals surface area contributed by atoms with Crippen LogP contribution in [0.3, 0.4) is 0 Å². The SMILES string of the molecule is Cc1c(C)c(C)c(-c2cccc3[cH-]c(C4(c5cc6c(-c7c(C)c(C)c(C)c(C)c7C)cccc6[cH-]5)CCCC4)cc23)c(C)c1C.[CH3-].[CH3-].[Hf+4]. The minimum Gasteiger partial charge on any atom is -0.358 e. The first-order valence-electron chi connectivity index (χ1n) is 17.0. The Morgan fingerprint density at radius 1 is 0.458 bits per heavy atom. The van der Waals surface area contributed by atoms with Crippen LogP contribution in [0.2, 0.25) is 0 Å². The van der Waals surface area contributed by atoms with Crippen molar-refractivity contribution < 1.29 is 25.8 Å². The fraction of sp³-hybridized carbons (Fsp3) is 0.319. The van der Waals surface area contributed by atoms with Crippen molar-refractivity contribution in [1.82, 2.24) is 0 Å². The van der Waals surface area contributed by atoms with Crippen molar-refractivity contribution in [1.29, 1.82) is 0 Å². The molecule has 0 radical (unpaired) electrons. The van der Waals surface area contributed by atoms with Gasteiger partial charge in [-0.25, -0.2) is 0 Å². The van der Waals surface area contributed by atoms with Crippen molar-refractivity contribution in [2.45, 2.75) is 100 Å². The van der Waals surface area contributed by atoms with Crippen LogP contribution >= 0.6 is 0 Å². The third-order valence-corrected chi connectivity index (χ3v) is 12.6. The summed E-state index contributed by atoms with van der Waals surface area (Å²) in [7, 11) is 0. The number of hydrogen-bond acceptors (Lipinski definition) is 0. The van der Waals surface area contributed by atoms with Gasteiger partial charge in [0.15, 0.2) is 0 Å². The summed E-state index contributed by atoms with van der Waals surface area (Å²) in [6.07, 6.45) is 5.00. The Labute approximate surface area is 310 Å². The molecule has 1 aliphatic carbocycles. The van der Waals surface area contributed by atoms with Crippen LogP contribution in [0.5, 0.6) is 0 Å². The van der Waals surface area contributed by atoms with E-state index in [1.807, 2.05) is 0 Å². The second-order valence-electron chi connectivity index (χ2n) is 14.4. The molecule has 0 heterocycles. The van der Waals surface area contributed by atoms with Crippen LogP contribution < -0.4 is 0 Å². The fourth-order valence-corrected chi connectivity index (χ4v) is 8.99. The van der Waals surface area contributed by atoms with Gasteiger partial charge in [-0.1, -0.05) is 36.1 Å². The van der Waals surface area contributed by atoms with Crippen molar-refractivity contribution >= 4 is 21.5 Å². The van der Waals surface area contributed by atoms with E-state index in [1.165, 1.54) is 136 Å². The molecule has 1 saturated carbocycles. The predicted molar refractivity (Wildman–Crippen MR) is 209 cm³/mol. The van der Waals surface area contributed by atoms with Crippen LogP contribution in [0.1, 0.15) is 92.4 Å². The zero-order valence-corrected chi connectivity index (χ0v) is 35.2. The Balaban J connectivity index is 0.00000173. The summed E-state index contributed by atoms with van der Waals surface area (Å²) < 4.78 is 0. The third kappa shape index (κ3) is 5.44. The van der Waals surface area contributed by atoms with E-state index in [-0.39, 0.29) is 46.1 Å². The van der Waals surface area contributed by atoms with E-state index < -0.39 is 0 Å². The van der Waals surface area contributed by atoms with Crippen LogP contribution in [0, 0.1) is 84.1 Å². The zero-order chi connectivity index (χ0) is 31.9. The number of benzene rings is 4. The van der Waals surface area contributed by atoms with Crippen molar-refractivity contribution in [3.8, 4) is 22.3 Å². The van der Waals surface area contributed by atoms with E-state index in [0.717, 1.165) is 0 Å². The standard InChI is InChI=1S/C45H48.2CH3.Hf/c1-25-27(3)31(7)43(32(8)28(25)4)39-17-13-15-35-21-37(23-41(35)39)45(19-11-12-20-45)38-22-36-16-14-18-40(42(36)24-38)44-33(9)29(5)26(2)30(6)34(44)10;;;/h13-18,21-24H,11-12,19-20H2,1-10H3;2*1H3;/q-2;2*-1;+4. The second kappa shape index (κ2) is 13.7. The summed E-state index contributed by atoms with van der Waals surface area (Å²) in [5.41, 5.74) is 22.9. The molecule has 1 heteroatoms. The van der Waals surface area contributed by atoms with Gasteiger partial charge in [0.05, 0.1) is 0 Å². The Hall–Kier alpha value is -3.03. The topological polar surface area (TPSA) is 0 Å². The van der Waals surface area contributed by atoms with Gasteiger partial charge in [-0.15, -0.1) is 69.1 Å². The number of fused-ring (bicyclic) bond motifs is 2. The van der Waals surface area contributed by atoms with Gasteiger partial charge in [-0.3, -0.25) is 0 Å². The molecule has 48 heavy (non-hydrogen) atoms. The molecule has 0 saturated heterocycles. The van der Waals surface area contributed by atoms with E-state index >= 15 is 0 Å². The van der Waals surface area contributed by atoms with E-state index in [4.69, 9.17) is 0 Å². The van der Waals surface area contributed by atoms with Gasteiger partial charge in [0, 0.05) is 0 Å². The van der Waals surface area contributed by atoms with Crippen LogP contribution in [-0.2, 0) is 31.3 Å². The van der Waals surface area contributed by atoms with Gasteiger partial charge in [-0.2, -0.15) is 12.1 Å². The molecule has 0 aliphatic heterocycles. The maximum absolute atomic E-state index is 2.57. The Morgan fingerprint density at radius 2 is 0.771 bits per heavy atom. The first kappa shape index (κ1) is 37.8. The molecule has 0 bridgehead atoms. The summed E-state index contributed by atoms with van der Waals surface area (Å²) in [5.74, 6) is 0. The first-order chi connectivity index (χ1) is 21.5. The summed E-state index contributed by atoms with van der Waals surface area (Å²) in [6, 6.07) is 24.1. The molecule has 7 rings (SSSR count). The molecule has 1 fully saturated rings. The summed E-state index contributed by atoms with van der Waals surface area (Å²) in [5, 5.41) is 5.55. The molecule has 0 atom stereocenters. The van der Waals surface area contributed by atoms with Gasteiger partial charge in [0.2, 0.25) is 0 Å². The molecule has 0 spiro atoms. The molecule has 6 aromatic rings. The van der Waals surface area contributed by atoms with Crippen molar-refractivity contribution in [3.63, 3.8) is 0 Å². The van der Waals surface area contributed by atoms with Gasteiger partial charge >= 0.3 is 25.8 Å². The molecular formula is C47H54Hf. The Morgan fingerprint density at radius 3 is 1.10 bits per heavy atom. The molecular weight excluding hydrogens is 743 g/mol. The van der Waals surface area contributed by atoms with Gasteiger partial charge in [0.25, 0.3) is 0 Å². The minimum absolute atomic E-state index is 0. The van der Waals surface area contributed by atoms with E-state index in [1.54, 1.807) is 0 Å². The largest absolute Gasteiger partial charge is 4.00 e. The van der Waals surface area contributed by atoms with E-state index in [2.05, 4.69) is 130 Å². The van der Waals surface area contributed by atoms with Crippen LogP contribution in [-0.4, -0.2) is 0 Å². The minimum atomic E-state index is 0. The summed E-state index contributed by atoms with van der Waals surface area (Å²) in [4.78, 5) is 0. The zero-order valence-electron chi connectivity index (χ0n) is 31.6. The average molecular weight is 797 g/mol. The van der Waals surface area contributed by atoms with Crippen LogP contribution in [0.25, 0.3) is 43.8 Å². The quantitative estimate of drug-likeness (QED) is 0.123. The van der Waals surface area contributed by atoms with E-state index in [9.17, 15) is 0 Å². The maximum atomic E-state index is 2.57. The first-order valence-corrected chi connectivity index (χ1v) is 17.0. The normalized spacial score (nSPS) is 13.8. The fourth-order valence-electron chi connectivity index (χ4n) is 8.99. The van der Waals surface area contributed by atoms with Crippen LogP contribution in [0.4, 0.5) is 0 Å². The monoisotopic (exact) mass is 798 g/mol. The van der Waals surface area contributed by atoms with Crippen molar-refractivity contribution in [2.24, 2.45) is 0 Å². The van der Waals surface area contributed by atoms with Gasteiger partial charge in [-0.05, 0) is 154 Å². The molecule has 0 N–H and O–H groups in total. The molecule has 6 aromatic carbocycles. The van der Waals surface area contributed by atoms with Gasteiger partial charge < -0.3 is 14.9 Å². The van der Waals surface area contributed by atoms with E-state index in [0.29, 0.717) is 0 Å². The predicted octanol–water partition coefficient (Wildman–Crippen LogP) is 13.6. The van der Waals surface area contributed by atoms with Crippen molar-refractivity contribution in [3.05, 3.63) is 142 Å². The molecule has 246 valence electrons. The van der Waals surface area contributed by atoms with Crippen LogP contribution in [0.15, 0.2) is 60.7 Å². The second-order valence-corrected chi connectivity index (χ2v) is 14.4. The third-order valence-electron chi connectivity index (χ3n) is 12.6. The molecule has 0 aromatic heterocycles. The number of rotatable bonds is 4. The molecule has 0 nitrogen and oxygen atoms in total. The number of hydrogen-bond donors (Lipinski definition) is 0. The Bertz CT molecular complexity index is 1940. The summed E-state index contributed by atoms with van der Waals surface area (Å²) in [6.45, 7) is 23.0. The Kier molecular flexibility index (Phi) is 10.8. The molecule has 1 aliphatic rings. The van der Waals surface area contributed by atoms with Gasteiger partial charge in [0.1, 0.15) is 0 Å². The molecule has 0 amide bonds. The average Bonchev–Trinajstić information content (AvgIpc) is 3.80.